The van der Waals surface area contributed by atoms with E-state index in [0.717, 1.165) is 22.3 Å². The molecule has 0 aliphatic heterocycles. The van der Waals surface area contributed by atoms with Crippen LogP contribution in [0, 0.1) is 5.92 Å². The number of carbonyl (C=O) groups is 1. The van der Waals surface area contributed by atoms with Crippen molar-refractivity contribution in [1.82, 2.24) is 5.32 Å². The van der Waals surface area contributed by atoms with Crippen molar-refractivity contribution in [3.05, 3.63) is 20.8 Å². The number of amides is 1. The first kappa shape index (κ1) is 11.7. The predicted octanol–water partition coefficient (Wildman–Crippen LogP) is 3.29. The summed E-state index contributed by atoms with van der Waals surface area (Å²) in [5.41, 5.74) is 0.741. The number of hydrogen-bond acceptors (Lipinski definition) is 2. The molecule has 1 rings (SSSR count). The van der Waals surface area contributed by atoms with Gasteiger partial charge in [0, 0.05) is 11.9 Å². The molecule has 0 radical (unpaired) electrons. The minimum Gasteiger partial charge on any atom is -0.352 e. The van der Waals surface area contributed by atoms with Gasteiger partial charge in [-0.15, -0.1) is 11.3 Å². The van der Waals surface area contributed by atoms with Crippen LogP contribution >= 0.6 is 27.3 Å². The average Bonchev–Trinajstić information content (AvgIpc) is 2.60. The Balaban J connectivity index is 2.43. The Morgan fingerprint density at radius 2 is 2.43 bits per heavy atom. The molecular weight excluding hydrogens is 262 g/mol. The lowest BCUT2D eigenvalue weighted by molar-refractivity contribution is 0.0948. The van der Waals surface area contributed by atoms with E-state index in [1.807, 2.05) is 11.4 Å². The van der Waals surface area contributed by atoms with Gasteiger partial charge in [-0.3, -0.25) is 4.79 Å². The fraction of sp³-hybridized carbons (Fsp3) is 0.500. The average molecular weight is 276 g/mol. The molecule has 14 heavy (non-hydrogen) atoms. The first-order valence-electron chi connectivity index (χ1n) is 4.65. The highest BCUT2D eigenvalue weighted by atomic mass is 79.9. The zero-order chi connectivity index (χ0) is 10.6. The molecule has 1 unspecified atom stereocenters. The number of halogens is 1. The lowest BCUT2D eigenvalue weighted by Crippen LogP contribution is -2.27. The van der Waals surface area contributed by atoms with Crippen LogP contribution in [0.2, 0.25) is 0 Å². The van der Waals surface area contributed by atoms with Crippen LogP contribution in [-0.2, 0) is 0 Å². The van der Waals surface area contributed by atoms with E-state index in [9.17, 15) is 4.79 Å². The summed E-state index contributed by atoms with van der Waals surface area (Å²) in [4.78, 5) is 11.6. The van der Waals surface area contributed by atoms with Crippen molar-refractivity contribution in [2.45, 2.75) is 20.3 Å². The fourth-order valence-electron chi connectivity index (χ4n) is 0.942. The summed E-state index contributed by atoms with van der Waals surface area (Å²) in [5, 5.41) is 4.77. The highest BCUT2D eigenvalue weighted by molar-refractivity contribution is 9.11. The van der Waals surface area contributed by atoms with Gasteiger partial charge in [0.25, 0.3) is 5.91 Å². The molecule has 1 heterocycles. The minimum atomic E-state index is 0.0206. The second-order valence-corrected chi connectivity index (χ2v) is 5.65. The number of nitrogens with one attached hydrogen (secondary N) is 1. The molecule has 0 saturated heterocycles. The van der Waals surface area contributed by atoms with Crippen molar-refractivity contribution in [1.29, 1.82) is 0 Å². The zero-order valence-corrected chi connectivity index (χ0v) is 10.7. The maximum absolute atomic E-state index is 11.6. The molecule has 0 aromatic carbocycles. The van der Waals surface area contributed by atoms with Gasteiger partial charge in [-0.2, -0.15) is 0 Å². The SMILES string of the molecule is CCC(C)CNC(=O)c1csc(Br)c1. The van der Waals surface area contributed by atoms with E-state index in [1.54, 1.807) is 0 Å². The third kappa shape index (κ3) is 3.42. The minimum absolute atomic E-state index is 0.0206. The van der Waals surface area contributed by atoms with Gasteiger partial charge in [0.2, 0.25) is 0 Å². The summed E-state index contributed by atoms with van der Waals surface area (Å²) in [5.74, 6) is 0.563. The molecule has 2 nitrogen and oxygen atoms in total. The van der Waals surface area contributed by atoms with Gasteiger partial charge in [-0.25, -0.2) is 0 Å². The number of carbonyl (C=O) groups excluding carboxylic acids is 1. The van der Waals surface area contributed by atoms with Crippen LogP contribution in [-0.4, -0.2) is 12.5 Å². The highest BCUT2D eigenvalue weighted by Gasteiger charge is 2.08. The van der Waals surface area contributed by atoms with Crippen LogP contribution in [0.1, 0.15) is 30.6 Å². The maximum atomic E-state index is 11.6. The van der Waals surface area contributed by atoms with Gasteiger partial charge in [0.1, 0.15) is 0 Å². The van der Waals surface area contributed by atoms with Crippen LogP contribution in [0.5, 0.6) is 0 Å². The Morgan fingerprint density at radius 3 is 2.93 bits per heavy atom. The third-order valence-electron chi connectivity index (χ3n) is 2.14. The maximum Gasteiger partial charge on any atom is 0.252 e. The lowest BCUT2D eigenvalue weighted by atomic mass is 10.1. The molecule has 78 valence electrons. The lowest BCUT2D eigenvalue weighted by Gasteiger charge is -2.08. The van der Waals surface area contributed by atoms with Crippen molar-refractivity contribution in [2.24, 2.45) is 5.92 Å². The van der Waals surface area contributed by atoms with Gasteiger partial charge in [0.15, 0.2) is 0 Å². The van der Waals surface area contributed by atoms with Gasteiger partial charge in [-0.05, 0) is 27.9 Å². The van der Waals surface area contributed by atoms with Crippen molar-refractivity contribution in [2.75, 3.05) is 6.54 Å². The highest BCUT2D eigenvalue weighted by Crippen LogP contribution is 2.20. The van der Waals surface area contributed by atoms with Crippen LogP contribution in [0.25, 0.3) is 0 Å². The summed E-state index contributed by atoms with van der Waals surface area (Å²) >= 11 is 4.86. The third-order valence-corrected chi connectivity index (χ3v) is 3.64. The molecule has 0 bridgehead atoms. The van der Waals surface area contributed by atoms with E-state index < -0.39 is 0 Å². The Morgan fingerprint density at radius 1 is 1.71 bits per heavy atom. The number of hydrogen-bond donors (Lipinski definition) is 1. The van der Waals surface area contributed by atoms with Crippen molar-refractivity contribution in [3.8, 4) is 0 Å². The molecule has 0 fully saturated rings. The standard InChI is InChI=1S/C10H14BrNOS/c1-3-7(2)5-12-10(13)8-4-9(11)14-6-8/h4,6-7H,3,5H2,1-2H3,(H,12,13). The van der Waals surface area contributed by atoms with Gasteiger partial charge < -0.3 is 5.32 Å². The van der Waals surface area contributed by atoms with E-state index in [4.69, 9.17) is 0 Å². The van der Waals surface area contributed by atoms with E-state index >= 15 is 0 Å². The summed E-state index contributed by atoms with van der Waals surface area (Å²) in [7, 11) is 0. The molecule has 1 aromatic rings. The smallest absolute Gasteiger partial charge is 0.252 e. The summed E-state index contributed by atoms with van der Waals surface area (Å²) in [6, 6.07) is 1.84. The summed E-state index contributed by atoms with van der Waals surface area (Å²) < 4.78 is 0.992. The number of thiophene rings is 1. The largest absolute Gasteiger partial charge is 0.352 e. The van der Waals surface area contributed by atoms with E-state index in [1.165, 1.54) is 11.3 Å². The molecule has 4 heteroatoms. The van der Waals surface area contributed by atoms with Crippen LogP contribution in [0.3, 0.4) is 0 Å². The van der Waals surface area contributed by atoms with E-state index in [2.05, 4.69) is 35.1 Å². The number of rotatable bonds is 4. The molecule has 0 aliphatic carbocycles. The Bertz CT molecular complexity index is 311. The first-order chi connectivity index (χ1) is 6.63. The second-order valence-electron chi connectivity index (χ2n) is 3.36. The molecular formula is C10H14BrNOS. The molecule has 0 spiro atoms. The van der Waals surface area contributed by atoms with Crippen molar-refractivity contribution in [3.63, 3.8) is 0 Å². The van der Waals surface area contributed by atoms with Gasteiger partial charge in [0.05, 0.1) is 9.35 Å². The van der Waals surface area contributed by atoms with Gasteiger partial charge >= 0.3 is 0 Å². The zero-order valence-electron chi connectivity index (χ0n) is 8.34. The Labute approximate surface area is 96.8 Å². The monoisotopic (exact) mass is 275 g/mol. The second kappa shape index (κ2) is 5.51. The Hall–Kier alpha value is -0.350. The quantitative estimate of drug-likeness (QED) is 0.898. The van der Waals surface area contributed by atoms with Crippen LogP contribution in [0.15, 0.2) is 15.2 Å². The molecule has 0 saturated carbocycles. The van der Waals surface area contributed by atoms with E-state index in [0.29, 0.717) is 5.92 Å². The molecule has 1 aromatic heterocycles. The van der Waals surface area contributed by atoms with Crippen LogP contribution < -0.4 is 5.32 Å². The molecule has 0 aliphatic rings. The Kier molecular flexibility index (Phi) is 4.62. The van der Waals surface area contributed by atoms with Crippen LogP contribution in [0.4, 0.5) is 0 Å². The van der Waals surface area contributed by atoms with Crippen molar-refractivity contribution < 1.29 is 4.79 Å². The fourth-order valence-corrected chi connectivity index (χ4v) is 2.08. The van der Waals surface area contributed by atoms with E-state index in [-0.39, 0.29) is 5.91 Å². The van der Waals surface area contributed by atoms with Gasteiger partial charge in [-0.1, -0.05) is 20.3 Å². The van der Waals surface area contributed by atoms with Crippen molar-refractivity contribution >= 4 is 33.2 Å². The molecule has 1 atom stereocenters. The molecule has 1 amide bonds. The predicted molar refractivity (Wildman–Crippen MR) is 63.8 cm³/mol. The molecule has 1 N–H and O–H groups in total. The topological polar surface area (TPSA) is 29.1 Å². The summed E-state index contributed by atoms with van der Waals surface area (Å²) in [6.45, 7) is 5.00. The summed E-state index contributed by atoms with van der Waals surface area (Å²) in [6.07, 6.45) is 1.09. The first-order valence-corrected chi connectivity index (χ1v) is 6.33. The normalized spacial score (nSPS) is 12.5.